The minimum absolute atomic E-state index is 0.275. The third-order valence-corrected chi connectivity index (χ3v) is 7.28. The second-order valence-corrected chi connectivity index (χ2v) is 10.4. The predicted molar refractivity (Wildman–Crippen MR) is 170 cm³/mol. The largest absolute Gasteiger partial charge is 0.485 e. The average molecular weight is 572 g/mol. The van der Waals surface area contributed by atoms with Crippen molar-refractivity contribution < 1.29 is 19.0 Å². The number of hydrogen-bond acceptors (Lipinski definition) is 5. The molecule has 0 saturated carbocycles. The summed E-state index contributed by atoms with van der Waals surface area (Å²) in [6.07, 6.45) is 0.451. The summed E-state index contributed by atoms with van der Waals surface area (Å²) in [7, 11) is 1.45. The molecule has 0 aliphatic heterocycles. The summed E-state index contributed by atoms with van der Waals surface area (Å²) < 4.78 is 17.9. The van der Waals surface area contributed by atoms with E-state index >= 15 is 0 Å². The van der Waals surface area contributed by atoms with Gasteiger partial charge in [-0.2, -0.15) is 0 Å². The molecular weight excluding hydrogens is 534 g/mol. The van der Waals surface area contributed by atoms with Crippen LogP contribution in [0.2, 0.25) is 0 Å². The van der Waals surface area contributed by atoms with E-state index in [1.165, 1.54) is 7.11 Å². The van der Waals surface area contributed by atoms with Crippen LogP contribution in [-0.4, -0.2) is 24.0 Å². The number of esters is 1. The molecule has 5 aromatic rings. The minimum Gasteiger partial charge on any atom is -0.485 e. The van der Waals surface area contributed by atoms with Gasteiger partial charge in [0, 0.05) is 13.1 Å². The quantitative estimate of drug-likeness (QED) is 0.128. The normalized spacial score (nSPS) is 11.6. The summed E-state index contributed by atoms with van der Waals surface area (Å²) in [6.45, 7) is 2.03. The standard InChI is InChI=1S/C38H37NO4/c1-41-38(40)35(39(26-30-14-6-2-7-15-30)27-31-16-8-3-9-17-31)24-34-22-23-36(42-28-32-18-10-4-11-19-32)37(25-34)43-29-33-20-12-5-13-21-33/h2-23,25,35H,24,26-29H2,1H3. The number of methoxy groups -OCH3 is 1. The molecule has 0 aliphatic carbocycles. The highest BCUT2D eigenvalue weighted by Crippen LogP contribution is 2.31. The van der Waals surface area contributed by atoms with Gasteiger partial charge >= 0.3 is 5.97 Å². The van der Waals surface area contributed by atoms with Crippen LogP contribution in [0.1, 0.15) is 27.8 Å². The summed E-state index contributed by atoms with van der Waals surface area (Å²) in [4.78, 5) is 15.5. The average Bonchev–Trinajstić information content (AvgIpc) is 3.07. The maximum absolute atomic E-state index is 13.3. The first kappa shape index (κ1) is 29.6. The molecule has 0 aliphatic rings. The van der Waals surface area contributed by atoms with E-state index in [1.807, 2.05) is 115 Å². The van der Waals surface area contributed by atoms with Crippen molar-refractivity contribution in [3.8, 4) is 11.5 Å². The molecule has 5 nitrogen and oxygen atoms in total. The molecular formula is C38H37NO4. The molecule has 43 heavy (non-hydrogen) atoms. The Morgan fingerprint density at radius 2 is 1.00 bits per heavy atom. The van der Waals surface area contributed by atoms with Gasteiger partial charge in [0.1, 0.15) is 19.3 Å². The molecule has 0 spiro atoms. The first-order valence-corrected chi connectivity index (χ1v) is 14.5. The smallest absolute Gasteiger partial charge is 0.323 e. The molecule has 0 bridgehead atoms. The van der Waals surface area contributed by atoms with Crippen molar-refractivity contribution in [1.82, 2.24) is 4.90 Å². The second-order valence-electron chi connectivity index (χ2n) is 10.4. The van der Waals surface area contributed by atoms with Crippen molar-refractivity contribution in [2.24, 2.45) is 0 Å². The van der Waals surface area contributed by atoms with E-state index < -0.39 is 6.04 Å². The van der Waals surface area contributed by atoms with E-state index in [4.69, 9.17) is 14.2 Å². The van der Waals surface area contributed by atoms with Crippen molar-refractivity contribution in [2.75, 3.05) is 7.11 Å². The van der Waals surface area contributed by atoms with Gasteiger partial charge in [-0.3, -0.25) is 9.69 Å². The van der Waals surface area contributed by atoms with Crippen LogP contribution in [0.3, 0.4) is 0 Å². The molecule has 0 fully saturated rings. The summed E-state index contributed by atoms with van der Waals surface area (Å²) in [5.74, 6) is 1.02. The number of benzene rings is 5. The molecule has 0 N–H and O–H groups in total. The molecule has 0 radical (unpaired) electrons. The van der Waals surface area contributed by atoms with Crippen LogP contribution in [0, 0.1) is 0 Å². The molecule has 0 heterocycles. The van der Waals surface area contributed by atoms with Crippen molar-refractivity contribution in [2.45, 2.75) is 38.8 Å². The predicted octanol–water partition coefficient (Wildman–Crippen LogP) is 7.63. The van der Waals surface area contributed by atoms with Gasteiger partial charge in [-0.15, -0.1) is 0 Å². The molecule has 1 unspecified atom stereocenters. The van der Waals surface area contributed by atoms with E-state index in [9.17, 15) is 4.79 Å². The fourth-order valence-electron chi connectivity index (χ4n) is 5.02. The summed E-state index contributed by atoms with van der Waals surface area (Å²) in [5.41, 5.74) is 5.35. The first-order chi connectivity index (χ1) is 21.2. The SMILES string of the molecule is COC(=O)C(Cc1ccc(OCc2ccccc2)c(OCc2ccccc2)c1)N(Cc1ccccc1)Cc1ccccc1. The van der Waals surface area contributed by atoms with Gasteiger partial charge in [0.15, 0.2) is 11.5 Å². The fraction of sp³-hybridized carbons (Fsp3) is 0.184. The molecule has 0 amide bonds. The highest BCUT2D eigenvalue weighted by atomic mass is 16.5. The van der Waals surface area contributed by atoms with Gasteiger partial charge in [-0.25, -0.2) is 0 Å². The number of carbonyl (C=O) groups excluding carboxylic acids is 1. The van der Waals surface area contributed by atoms with Crippen molar-refractivity contribution in [3.05, 3.63) is 167 Å². The zero-order chi connectivity index (χ0) is 29.7. The summed E-state index contributed by atoms with van der Waals surface area (Å²) in [6, 6.07) is 46.0. The zero-order valence-corrected chi connectivity index (χ0v) is 24.5. The van der Waals surface area contributed by atoms with Crippen LogP contribution in [0.4, 0.5) is 0 Å². The van der Waals surface area contributed by atoms with Crippen LogP contribution in [0.15, 0.2) is 140 Å². The van der Waals surface area contributed by atoms with E-state index in [-0.39, 0.29) is 5.97 Å². The summed E-state index contributed by atoms with van der Waals surface area (Å²) >= 11 is 0. The fourth-order valence-corrected chi connectivity index (χ4v) is 5.02. The molecule has 5 heteroatoms. The molecule has 5 aromatic carbocycles. The lowest BCUT2D eigenvalue weighted by Crippen LogP contribution is -2.42. The minimum atomic E-state index is -0.511. The monoisotopic (exact) mass is 571 g/mol. The van der Waals surface area contributed by atoms with Crippen molar-refractivity contribution in [3.63, 3.8) is 0 Å². The second kappa shape index (κ2) is 15.4. The number of hydrogen-bond donors (Lipinski definition) is 0. The van der Waals surface area contributed by atoms with Crippen LogP contribution < -0.4 is 9.47 Å². The lowest BCUT2D eigenvalue weighted by atomic mass is 10.0. The Bertz CT molecular complexity index is 1500. The van der Waals surface area contributed by atoms with Gasteiger partial charge in [0.2, 0.25) is 0 Å². The van der Waals surface area contributed by atoms with E-state index in [0.717, 1.165) is 27.8 Å². The maximum Gasteiger partial charge on any atom is 0.323 e. The molecule has 0 aromatic heterocycles. The van der Waals surface area contributed by atoms with Gasteiger partial charge < -0.3 is 14.2 Å². The van der Waals surface area contributed by atoms with Gasteiger partial charge in [0.25, 0.3) is 0 Å². The molecule has 1 atom stereocenters. The van der Waals surface area contributed by atoms with Gasteiger partial charge in [0.05, 0.1) is 7.11 Å². The van der Waals surface area contributed by atoms with Crippen LogP contribution in [0.25, 0.3) is 0 Å². The topological polar surface area (TPSA) is 48.0 Å². The van der Waals surface area contributed by atoms with Gasteiger partial charge in [-0.1, -0.05) is 127 Å². The Balaban J connectivity index is 1.42. The number of carbonyl (C=O) groups is 1. The number of rotatable bonds is 14. The van der Waals surface area contributed by atoms with Gasteiger partial charge in [-0.05, 0) is 46.4 Å². The van der Waals surface area contributed by atoms with Crippen LogP contribution >= 0.6 is 0 Å². The maximum atomic E-state index is 13.3. The Morgan fingerprint density at radius 3 is 1.47 bits per heavy atom. The highest BCUT2D eigenvalue weighted by Gasteiger charge is 2.28. The lowest BCUT2D eigenvalue weighted by Gasteiger charge is -2.30. The zero-order valence-electron chi connectivity index (χ0n) is 24.5. The van der Waals surface area contributed by atoms with Crippen molar-refractivity contribution in [1.29, 1.82) is 0 Å². The van der Waals surface area contributed by atoms with E-state index in [2.05, 4.69) is 29.2 Å². The van der Waals surface area contributed by atoms with Crippen LogP contribution in [0.5, 0.6) is 11.5 Å². The first-order valence-electron chi connectivity index (χ1n) is 14.5. The summed E-state index contributed by atoms with van der Waals surface area (Å²) in [5, 5.41) is 0. The molecule has 5 rings (SSSR count). The van der Waals surface area contributed by atoms with Crippen molar-refractivity contribution >= 4 is 5.97 Å². The number of ether oxygens (including phenoxy) is 3. The molecule has 0 saturated heterocycles. The Kier molecular flexibility index (Phi) is 10.6. The van der Waals surface area contributed by atoms with E-state index in [1.54, 1.807) is 0 Å². The highest BCUT2D eigenvalue weighted by molar-refractivity contribution is 5.76. The lowest BCUT2D eigenvalue weighted by molar-refractivity contribution is -0.147. The Labute approximate surface area is 254 Å². The number of nitrogens with zero attached hydrogens (tertiary/aromatic N) is 1. The molecule has 218 valence electrons. The Hall–Kier alpha value is -4.87. The van der Waals surface area contributed by atoms with E-state index in [0.29, 0.717) is 44.2 Å². The van der Waals surface area contributed by atoms with Crippen LogP contribution in [-0.2, 0) is 42.3 Å². The third kappa shape index (κ3) is 8.81. The Morgan fingerprint density at radius 1 is 0.558 bits per heavy atom. The third-order valence-electron chi connectivity index (χ3n) is 7.28.